The average Bonchev–Trinajstić information content (AvgIpc) is 2.88. The minimum atomic E-state index is -1.08. The lowest BCUT2D eigenvalue weighted by Gasteiger charge is -2.23. The maximum absolute atomic E-state index is 12.3. The van der Waals surface area contributed by atoms with Gasteiger partial charge < -0.3 is 20.6 Å². The lowest BCUT2D eigenvalue weighted by molar-refractivity contribution is -0.131. The highest BCUT2D eigenvalue weighted by atomic mass is 16.3. The second-order valence-electron chi connectivity index (χ2n) is 10.7. The van der Waals surface area contributed by atoms with Crippen molar-refractivity contribution in [3.05, 3.63) is 12.2 Å². The van der Waals surface area contributed by atoms with E-state index in [1.54, 1.807) is 0 Å². The van der Waals surface area contributed by atoms with Crippen LogP contribution < -0.4 is 5.32 Å². The normalized spacial score (nSPS) is 14.2. The topological polar surface area (TPSA) is 89.8 Å². The molecule has 3 unspecified atom stereocenters. The van der Waals surface area contributed by atoms with E-state index in [2.05, 4.69) is 31.3 Å². The Kier molecular flexibility index (Phi) is 26.4. The Hall–Kier alpha value is -0.910. The summed E-state index contributed by atoms with van der Waals surface area (Å²) < 4.78 is 0. The third-order valence-corrected chi connectivity index (χ3v) is 7.13. The largest absolute Gasteiger partial charge is 0.394 e. The number of aliphatic hydroxyl groups excluding tert-OH is 3. The molecule has 214 valence electrons. The number of nitrogens with one attached hydrogen (secondary N) is 1. The van der Waals surface area contributed by atoms with E-state index >= 15 is 0 Å². The zero-order valence-electron chi connectivity index (χ0n) is 23.9. The number of aliphatic hydroxyl groups is 3. The smallest absolute Gasteiger partial charge is 0.249 e. The molecule has 0 aliphatic heterocycles. The van der Waals surface area contributed by atoms with Crippen molar-refractivity contribution in [2.24, 2.45) is 0 Å². The standard InChI is InChI=1S/C31H61NO4/c1-3-5-7-9-11-13-15-16-18-19-21-23-25-29(34)28(27-33)32-31(36)30(35)26-24-22-20-17-14-12-10-8-6-4-2/h10,12,28-30,33-35H,3-9,11,13-27H2,1-2H3,(H,32,36)/b12-10-. The van der Waals surface area contributed by atoms with Crippen LogP contribution in [0.15, 0.2) is 12.2 Å². The Balaban J connectivity index is 3.77. The highest BCUT2D eigenvalue weighted by Crippen LogP contribution is 2.14. The molecular formula is C31H61NO4. The first-order chi connectivity index (χ1) is 17.6. The molecule has 0 aliphatic carbocycles. The van der Waals surface area contributed by atoms with E-state index in [0.29, 0.717) is 12.8 Å². The first-order valence-electron chi connectivity index (χ1n) is 15.5. The SMILES string of the molecule is CCCC/C=C\CCCCCCC(O)C(=O)NC(CO)C(O)CCCCCCCCCCCCCC. The molecule has 0 aromatic carbocycles. The predicted molar refractivity (Wildman–Crippen MR) is 153 cm³/mol. The van der Waals surface area contributed by atoms with Gasteiger partial charge in [0.1, 0.15) is 6.10 Å². The van der Waals surface area contributed by atoms with Crippen LogP contribution in [0.1, 0.15) is 155 Å². The molecule has 0 saturated heterocycles. The predicted octanol–water partition coefficient (Wildman–Crippen LogP) is 7.36. The number of unbranched alkanes of at least 4 members (excludes halogenated alkanes) is 17. The second-order valence-corrected chi connectivity index (χ2v) is 10.7. The van der Waals surface area contributed by atoms with E-state index in [1.165, 1.54) is 83.5 Å². The maximum atomic E-state index is 12.3. The molecule has 0 fully saturated rings. The van der Waals surface area contributed by atoms with Crippen molar-refractivity contribution in [3.63, 3.8) is 0 Å². The van der Waals surface area contributed by atoms with Crippen molar-refractivity contribution in [3.8, 4) is 0 Å². The summed E-state index contributed by atoms with van der Waals surface area (Å²) in [4.78, 5) is 12.3. The molecule has 3 atom stereocenters. The Morgan fingerprint density at radius 1 is 0.639 bits per heavy atom. The van der Waals surface area contributed by atoms with Gasteiger partial charge in [-0.3, -0.25) is 4.79 Å². The lowest BCUT2D eigenvalue weighted by Crippen LogP contribution is -2.49. The molecule has 5 nitrogen and oxygen atoms in total. The van der Waals surface area contributed by atoms with Crippen molar-refractivity contribution < 1.29 is 20.1 Å². The van der Waals surface area contributed by atoms with Gasteiger partial charge in [0.05, 0.1) is 18.8 Å². The van der Waals surface area contributed by atoms with Crippen LogP contribution in [0.4, 0.5) is 0 Å². The third kappa shape index (κ3) is 22.3. The zero-order valence-corrected chi connectivity index (χ0v) is 23.9. The van der Waals surface area contributed by atoms with Crippen LogP contribution in [0.3, 0.4) is 0 Å². The highest BCUT2D eigenvalue weighted by molar-refractivity contribution is 5.80. The van der Waals surface area contributed by atoms with Crippen molar-refractivity contribution in [2.45, 2.75) is 173 Å². The Morgan fingerprint density at radius 3 is 1.61 bits per heavy atom. The van der Waals surface area contributed by atoms with E-state index in [1.807, 2.05) is 0 Å². The molecule has 0 aliphatic rings. The summed E-state index contributed by atoms with van der Waals surface area (Å²) in [5.74, 6) is -0.485. The first-order valence-corrected chi connectivity index (χ1v) is 15.5. The number of amides is 1. The van der Waals surface area contributed by atoms with Gasteiger partial charge in [-0.1, -0.05) is 135 Å². The molecule has 0 saturated carbocycles. The number of rotatable bonds is 27. The van der Waals surface area contributed by atoms with Crippen molar-refractivity contribution in [1.82, 2.24) is 5.32 Å². The molecule has 4 N–H and O–H groups in total. The monoisotopic (exact) mass is 511 g/mol. The summed E-state index contributed by atoms with van der Waals surface area (Å²) in [6, 6.07) is -0.709. The van der Waals surface area contributed by atoms with E-state index in [-0.39, 0.29) is 6.61 Å². The summed E-state index contributed by atoms with van der Waals surface area (Å²) in [6.07, 6.45) is 27.6. The van der Waals surface area contributed by atoms with Crippen LogP contribution in [0.5, 0.6) is 0 Å². The fourth-order valence-corrected chi connectivity index (χ4v) is 4.58. The van der Waals surface area contributed by atoms with Crippen molar-refractivity contribution >= 4 is 5.91 Å². The van der Waals surface area contributed by atoms with Crippen LogP contribution in [-0.4, -0.2) is 46.1 Å². The fraction of sp³-hybridized carbons (Fsp3) is 0.903. The van der Waals surface area contributed by atoms with Gasteiger partial charge in [0.2, 0.25) is 5.91 Å². The lowest BCUT2D eigenvalue weighted by atomic mass is 10.0. The number of carbonyl (C=O) groups is 1. The van der Waals surface area contributed by atoms with Gasteiger partial charge in [-0.05, 0) is 32.1 Å². The van der Waals surface area contributed by atoms with E-state index in [0.717, 1.165) is 44.9 Å². The van der Waals surface area contributed by atoms with Gasteiger partial charge in [0, 0.05) is 0 Å². The summed E-state index contributed by atoms with van der Waals surface area (Å²) in [6.45, 7) is 4.14. The number of carbonyl (C=O) groups excluding carboxylic acids is 1. The summed E-state index contributed by atoms with van der Waals surface area (Å²) in [5.41, 5.74) is 0. The number of allylic oxidation sites excluding steroid dienone is 2. The van der Waals surface area contributed by atoms with E-state index in [4.69, 9.17) is 0 Å². The maximum Gasteiger partial charge on any atom is 0.249 e. The van der Waals surface area contributed by atoms with Crippen LogP contribution in [0, 0.1) is 0 Å². The van der Waals surface area contributed by atoms with E-state index in [9.17, 15) is 20.1 Å². The van der Waals surface area contributed by atoms with Gasteiger partial charge in [0.15, 0.2) is 0 Å². The van der Waals surface area contributed by atoms with Gasteiger partial charge in [-0.2, -0.15) is 0 Å². The fourth-order valence-electron chi connectivity index (χ4n) is 4.58. The minimum Gasteiger partial charge on any atom is -0.394 e. The highest BCUT2D eigenvalue weighted by Gasteiger charge is 2.23. The zero-order chi connectivity index (χ0) is 26.7. The molecule has 36 heavy (non-hydrogen) atoms. The molecule has 1 amide bonds. The molecule has 0 radical (unpaired) electrons. The molecule has 0 aromatic rings. The number of hydrogen-bond acceptors (Lipinski definition) is 4. The summed E-state index contributed by atoms with van der Waals surface area (Å²) in [7, 11) is 0. The minimum absolute atomic E-state index is 0.316. The third-order valence-electron chi connectivity index (χ3n) is 7.13. The molecule has 0 bridgehead atoms. The molecule has 0 rings (SSSR count). The summed E-state index contributed by atoms with van der Waals surface area (Å²) in [5, 5.41) is 32.8. The van der Waals surface area contributed by atoms with Crippen molar-refractivity contribution in [2.75, 3.05) is 6.61 Å². The molecule has 0 heterocycles. The van der Waals surface area contributed by atoms with Gasteiger partial charge in [-0.25, -0.2) is 0 Å². The Bertz CT molecular complexity index is 497. The Labute approximate surface area is 223 Å². The summed E-state index contributed by atoms with van der Waals surface area (Å²) >= 11 is 0. The molecule has 5 heteroatoms. The van der Waals surface area contributed by atoms with E-state index < -0.39 is 24.2 Å². The Morgan fingerprint density at radius 2 is 1.08 bits per heavy atom. The quantitative estimate of drug-likeness (QED) is 0.0685. The van der Waals surface area contributed by atoms with Crippen molar-refractivity contribution in [1.29, 1.82) is 0 Å². The average molecular weight is 512 g/mol. The first kappa shape index (κ1) is 35.1. The molecule has 0 spiro atoms. The van der Waals surface area contributed by atoms with Crippen LogP contribution in [0.2, 0.25) is 0 Å². The van der Waals surface area contributed by atoms with Gasteiger partial charge in [-0.15, -0.1) is 0 Å². The van der Waals surface area contributed by atoms with Crippen LogP contribution >= 0.6 is 0 Å². The van der Waals surface area contributed by atoms with Crippen LogP contribution in [0.25, 0.3) is 0 Å². The van der Waals surface area contributed by atoms with Crippen LogP contribution in [-0.2, 0) is 4.79 Å². The van der Waals surface area contributed by atoms with Gasteiger partial charge >= 0.3 is 0 Å². The molecule has 0 aromatic heterocycles. The number of hydrogen-bond donors (Lipinski definition) is 4. The second kappa shape index (κ2) is 27.1. The van der Waals surface area contributed by atoms with Gasteiger partial charge in [0.25, 0.3) is 0 Å². The molecular weight excluding hydrogens is 450 g/mol.